The quantitative estimate of drug-likeness (QED) is 0.904. The molecule has 1 aromatic heterocycles. The molecule has 0 radical (unpaired) electrons. The van der Waals surface area contributed by atoms with Gasteiger partial charge in [0.25, 0.3) is 0 Å². The van der Waals surface area contributed by atoms with Gasteiger partial charge < -0.3 is 5.73 Å². The van der Waals surface area contributed by atoms with Crippen LogP contribution in [0.5, 0.6) is 0 Å². The van der Waals surface area contributed by atoms with Crippen molar-refractivity contribution in [1.29, 1.82) is 0 Å². The van der Waals surface area contributed by atoms with Gasteiger partial charge >= 0.3 is 0 Å². The lowest BCUT2D eigenvalue weighted by molar-refractivity contribution is 0.382. The molecule has 0 saturated heterocycles. The van der Waals surface area contributed by atoms with Crippen molar-refractivity contribution in [3.05, 3.63) is 15.9 Å². The Balaban J connectivity index is 2.91. The zero-order valence-electron chi connectivity index (χ0n) is 10.6. The van der Waals surface area contributed by atoms with Crippen molar-refractivity contribution in [2.75, 3.05) is 6.54 Å². The molecule has 0 saturated carbocycles. The maximum Gasteiger partial charge on any atom is 0.0766 e. The van der Waals surface area contributed by atoms with Crippen molar-refractivity contribution in [1.82, 2.24) is 9.78 Å². The lowest BCUT2D eigenvalue weighted by Crippen LogP contribution is -2.23. The van der Waals surface area contributed by atoms with E-state index in [2.05, 4.69) is 41.8 Å². The van der Waals surface area contributed by atoms with E-state index in [1.54, 1.807) is 0 Å². The van der Waals surface area contributed by atoms with Crippen LogP contribution in [0.15, 0.2) is 4.47 Å². The summed E-state index contributed by atoms with van der Waals surface area (Å²) < 4.78 is 3.14. The van der Waals surface area contributed by atoms with E-state index in [4.69, 9.17) is 5.73 Å². The fraction of sp³-hybridized carbons (Fsp3) is 0.750. The largest absolute Gasteiger partial charge is 0.330 e. The minimum Gasteiger partial charge on any atom is -0.330 e. The highest BCUT2D eigenvalue weighted by Gasteiger charge is 2.18. The Morgan fingerprint density at radius 2 is 2.06 bits per heavy atom. The maximum absolute atomic E-state index is 5.82. The molecule has 3 nitrogen and oxygen atoms in total. The molecule has 92 valence electrons. The molecule has 2 N–H and O–H groups in total. The first kappa shape index (κ1) is 13.7. The summed E-state index contributed by atoms with van der Waals surface area (Å²) in [6.07, 6.45) is 1.96. The van der Waals surface area contributed by atoms with Gasteiger partial charge in [0.1, 0.15) is 0 Å². The molecule has 0 aliphatic carbocycles. The van der Waals surface area contributed by atoms with E-state index in [1.165, 1.54) is 5.69 Å². The summed E-state index contributed by atoms with van der Waals surface area (Å²) in [5.41, 5.74) is 8.22. The topological polar surface area (TPSA) is 43.8 Å². The number of nitrogens with two attached hydrogens (primary N) is 1. The standard InChI is InChI=1S/C12H22BrN3/c1-5-10-12(13)11(16(4)15-10)6-9(7-14)8(2)3/h8-9H,5-7,14H2,1-4H3. The van der Waals surface area contributed by atoms with Gasteiger partial charge in [-0.15, -0.1) is 0 Å². The molecule has 16 heavy (non-hydrogen) atoms. The van der Waals surface area contributed by atoms with Crippen LogP contribution in [0, 0.1) is 11.8 Å². The summed E-state index contributed by atoms with van der Waals surface area (Å²) in [7, 11) is 2.01. The highest BCUT2D eigenvalue weighted by Crippen LogP contribution is 2.25. The molecule has 0 spiro atoms. The van der Waals surface area contributed by atoms with Crippen molar-refractivity contribution in [3.8, 4) is 0 Å². The zero-order chi connectivity index (χ0) is 12.3. The van der Waals surface area contributed by atoms with Crippen LogP contribution in [0.1, 0.15) is 32.2 Å². The van der Waals surface area contributed by atoms with Crippen LogP contribution < -0.4 is 5.73 Å². The SMILES string of the molecule is CCc1nn(C)c(CC(CN)C(C)C)c1Br. The summed E-state index contributed by atoms with van der Waals surface area (Å²) in [6, 6.07) is 0. The molecular weight excluding hydrogens is 266 g/mol. The van der Waals surface area contributed by atoms with E-state index < -0.39 is 0 Å². The Morgan fingerprint density at radius 3 is 2.44 bits per heavy atom. The molecule has 1 rings (SSSR count). The minimum absolute atomic E-state index is 0.524. The molecule has 1 aromatic rings. The van der Waals surface area contributed by atoms with Gasteiger partial charge in [0.05, 0.1) is 15.9 Å². The van der Waals surface area contributed by atoms with E-state index >= 15 is 0 Å². The number of hydrogen-bond donors (Lipinski definition) is 1. The first-order valence-corrected chi connectivity index (χ1v) is 6.70. The lowest BCUT2D eigenvalue weighted by atomic mass is 9.91. The van der Waals surface area contributed by atoms with Gasteiger partial charge in [-0.25, -0.2) is 0 Å². The molecule has 0 fully saturated rings. The number of aryl methyl sites for hydroxylation is 2. The van der Waals surface area contributed by atoms with Gasteiger partial charge in [-0.2, -0.15) is 5.10 Å². The Hall–Kier alpha value is -0.350. The summed E-state index contributed by atoms with van der Waals surface area (Å²) in [5.74, 6) is 1.13. The van der Waals surface area contributed by atoms with Crippen LogP contribution in [0.25, 0.3) is 0 Å². The summed E-state index contributed by atoms with van der Waals surface area (Å²) >= 11 is 3.64. The van der Waals surface area contributed by atoms with Crippen molar-refractivity contribution >= 4 is 15.9 Å². The van der Waals surface area contributed by atoms with Crippen LogP contribution in [-0.2, 0) is 19.9 Å². The van der Waals surface area contributed by atoms with Gasteiger partial charge in [-0.05, 0) is 47.2 Å². The summed E-state index contributed by atoms with van der Waals surface area (Å²) in [5, 5.41) is 4.50. The third-order valence-corrected chi connectivity index (χ3v) is 4.12. The first-order chi connectivity index (χ1) is 7.51. The second-order valence-electron chi connectivity index (χ2n) is 4.63. The number of hydrogen-bond acceptors (Lipinski definition) is 2. The monoisotopic (exact) mass is 287 g/mol. The molecule has 0 aliphatic rings. The molecule has 0 aromatic carbocycles. The first-order valence-electron chi connectivity index (χ1n) is 5.91. The Labute approximate surface area is 107 Å². The van der Waals surface area contributed by atoms with Gasteiger partial charge in [0, 0.05) is 7.05 Å². The average molecular weight is 288 g/mol. The Morgan fingerprint density at radius 1 is 1.44 bits per heavy atom. The lowest BCUT2D eigenvalue weighted by Gasteiger charge is -2.18. The predicted octanol–water partition coefficient (Wildman–Crippen LogP) is 2.52. The van der Waals surface area contributed by atoms with Crippen molar-refractivity contribution in [3.63, 3.8) is 0 Å². The smallest absolute Gasteiger partial charge is 0.0766 e. The normalized spacial score (nSPS) is 13.4. The van der Waals surface area contributed by atoms with Gasteiger partial charge in [-0.3, -0.25) is 4.68 Å². The number of nitrogens with zero attached hydrogens (tertiary/aromatic N) is 2. The van der Waals surface area contributed by atoms with E-state index in [9.17, 15) is 0 Å². The molecule has 4 heteroatoms. The van der Waals surface area contributed by atoms with Crippen LogP contribution in [0.2, 0.25) is 0 Å². The fourth-order valence-electron chi connectivity index (χ4n) is 1.88. The number of rotatable bonds is 5. The second kappa shape index (κ2) is 5.82. The molecule has 1 unspecified atom stereocenters. The fourth-order valence-corrected chi connectivity index (χ4v) is 2.66. The van der Waals surface area contributed by atoms with E-state index in [0.29, 0.717) is 11.8 Å². The van der Waals surface area contributed by atoms with Crippen molar-refractivity contribution in [2.45, 2.75) is 33.6 Å². The highest BCUT2D eigenvalue weighted by atomic mass is 79.9. The number of aromatic nitrogens is 2. The van der Waals surface area contributed by atoms with E-state index in [0.717, 1.165) is 29.6 Å². The Kier molecular flexibility index (Phi) is 4.99. The minimum atomic E-state index is 0.524. The van der Waals surface area contributed by atoms with Crippen molar-refractivity contribution < 1.29 is 0 Å². The number of halogens is 1. The average Bonchev–Trinajstić information content (AvgIpc) is 2.51. The highest BCUT2D eigenvalue weighted by molar-refractivity contribution is 9.10. The van der Waals surface area contributed by atoms with Gasteiger partial charge in [0.2, 0.25) is 0 Å². The third kappa shape index (κ3) is 2.86. The predicted molar refractivity (Wildman–Crippen MR) is 71.4 cm³/mol. The van der Waals surface area contributed by atoms with Gasteiger partial charge in [-0.1, -0.05) is 20.8 Å². The molecule has 0 amide bonds. The van der Waals surface area contributed by atoms with Crippen LogP contribution >= 0.6 is 15.9 Å². The van der Waals surface area contributed by atoms with E-state index in [1.807, 2.05) is 11.7 Å². The molecule has 1 atom stereocenters. The molecule has 0 aliphatic heterocycles. The molecular formula is C12H22BrN3. The van der Waals surface area contributed by atoms with Crippen molar-refractivity contribution in [2.24, 2.45) is 24.6 Å². The Bertz CT molecular complexity index is 344. The summed E-state index contributed by atoms with van der Waals surface area (Å²) in [6.45, 7) is 7.31. The summed E-state index contributed by atoms with van der Waals surface area (Å²) in [4.78, 5) is 0. The molecule has 1 heterocycles. The molecule has 0 bridgehead atoms. The van der Waals surface area contributed by atoms with E-state index in [-0.39, 0.29) is 0 Å². The van der Waals surface area contributed by atoms with Gasteiger partial charge in [0.15, 0.2) is 0 Å². The van der Waals surface area contributed by atoms with Crippen LogP contribution in [0.4, 0.5) is 0 Å². The maximum atomic E-state index is 5.82. The third-order valence-electron chi connectivity index (χ3n) is 3.20. The van der Waals surface area contributed by atoms with Crippen LogP contribution in [-0.4, -0.2) is 16.3 Å². The van der Waals surface area contributed by atoms with Crippen LogP contribution in [0.3, 0.4) is 0 Å². The zero-order valence-corrected chi connectivity index (χ0v) is 12.2. The second-order valence-corrected chi connectivity index (χ2v) is 5.42.